The second-order valence-electron chi connectivity index (χ2n) is 6.03. The molecule has 1 aliphatic rings. The number of carbonyl (C=O) groups is 2. The largest absolute Gasteiger partial charge is 0.497 e. The number of hydrazine groups is 1. The highest BCUT2D eigenvalue weighted by Gasteiger charge is 2.24. The standard InChI is InChI=1S/C20H21N3O3/c1-14-4-3-5-16(12-14)23-19(24)11-10-18(22-23)20(25)21-13-15-6-8-17(26-2)9-7-15/h3-10,12,22H,11,13H2,1-2H3,(H,21,25). The predicted molar refractivity (Wildman–Crippen MR) is 99.3 cm³/mol. The lowest BCUT2D eigenvalue weighted by atomic mass is 10.2. The average molecular weight is 351 g/mol. The highest BCUT2D eigenvalue weighted by Crippen LogP contribution is 2.19. The molecule has 0 aliphatic carbocycles. The molecule has 0 fully saturated rings. The molecule has 0 unspecified atom stereocenters. The molecule has 0 radical (unpaired) electrons. The molecule has 6 heteroatoms. The van der Waals surface area contributed by atoms with Crippen molar-refractivity contribution in [3.63, 3.8) is 0 Å². The van der Waals surface area contributed by atoms with Gasteiger partial charge in [-0.1, -0.05) is 24.3 Å². The Morgan fingerprint density at radius 3 is 2.69 bits per heavy atom. The molecule has 1 heterocycles. The van der Waals surface area contributed by atoms with Crippen LogP contribution in [0.4, 0.5) is 5.69 Å². The van der Waals surface area contributed by atoms with Gasteiger partial charge in [0.05, 0.1) is 12.8 Å². The lowest BCUT2D eigenvalue weighted by molar-refractivity contribution is -0.120. The Kier molecular flexibility index (Phi) is 5.22. The Morgan fingerprint density at radius 1 is 1.23 bits per heavy atom. The summed E-state index contributed by atoms with van der Waals surface area (Å²) in [5, 5.41) is 4.27. The first-order valence-corrected chi connectivity index (χ1v) is 8.34. The van der Waals surface area contributed by atoms with Gasteiger partial charge in [0, 0.05) is 13.0 Å². The van der Waals surface area contributed by atoms with E-state index in [4.69, 9.17) is 4.74 Å². The van der Waals surface area contributed by atoms with Crippen molar-refractivity contribution in [2.24, 2.45) is 0 Å². The number of benzene rings is 2. The summed E-state index contributed by atoms with van der Waals surface area (Å²) < 4.78 is 5.12. The number of hydrogen-bond donors (Lipinski definition) is 2. The van der Waals surface area contributed by atoms with Gasteiger partial charge in [-0.2, -0.15) is 0 Å². The summed E-state index contributed by atoms with van der Waals surface area (Å²) in [5.74, 6) is 0.400. The molecule has 2 N–H and O–H groups in total. The van der Waals surface area contributed by atoms with Gasteiger partial charge >= 0.3 is 0 Å². The van der Waals surface area contributed by atoms with Crippen LogP contribution in [0.1, 0.15) is 17.5 Å². The molecular weight excluding hydrogens is 330 g/mol. The lowest BCUT2D eigenvalue weighted by Gasteiger charge is -2.28. The Morgan fingerprint density at radius 2 is 2.00 bits per heavy atom. The maximum absolute atomic E-state index is 12.4. The van der Waals surface area contributed by atoms with Crippen LogP contribution in [0.3, 0.4) is 0 Å². The van der Waals surface area contributed by atoms with E-state index in [0.29, 0.717) is 17.9 Å². The van der Waals surface area contributed by atoms with Gasteiger partial charge in [0.1, 0.15) is 11.4 Å². The van der Waals surface area contributed by atoms with Crippen molar-refractivity contribution < 1.29 is 14.3 Å². The number of nitrogens with zero attached hydrogens (tertiary/aromatic N) is 1. The van der Waals surface area contributed by atoms with Crippen LogP contribution in [0.25, 0.3) is 0 Å². The fraction of sp³-hybridized carbons (Fsp3) is 0.200. The zero-order chi connectivity index (χ0) is 18.5. The number of amides is 2. The van der Waals surface area contributed by atoms with E-state index in [1.54, 1.807) is 13.2 Å². The van der Waals surface area contributed by atoms with Crippen molar-refractivity contribution >= 4 is 17.5 Å². The molecule has 2 aromatic carbocycles. The van der Waals surface area contributed by atoms with Crippen molar-refractivity contribution in [1.29, 1.82) is 0 Å². The molecule has 0 bridgehead atoms. The van der Waals surface area contributed by atoms with E-state index in [9.17, 15) is 9.59 Å². The van der Waals surface area contributed by atoms with Crippen LogP contribution in [0.15, 0.2) is 60.3 Å². The SMILES string of the molecule is COc1ccc(CNC(=O)C2=CCC(=O)N(c3cccc(C)c3)N2)cc1. The van der Waals surface area contributed by atoms with Gasteiger partial charge in [-0.3, -0.25) is 15.0 Å². The number of methoxy groups -OCH3 is 1. The van der Waals surface area contributed by atoms with Crippen LogP contribution in [0, 0.1) is 6.92 Å². The summed E-state index contributed by atoms with van der Waals surface area (Å²) in [5.41, 5.74) is 5.99. The molecule has 0 aromatic heterocycles. The minimum atomic E-state index is -0.258. The van der Waals surface area contributed by atoms with E-state index in [1.165, 1.54) is 5.01 Å². The Bertz CT molecular complexity index is 844. The molecule has 3 rings (SSSR count). The second kappa shape index (κ2) is 7.74. The molecule has 134 valence electrons. The molecular formula is C20H21N3O3. The first kappa shape index (κ1) is 17.5. The Balaban J connectivity index is 1.64. The van der Waals surface area contributed by atoms with Gasteiger partial charge in [-0.05, 0) is 48.4 Å². The van der Waals surface area contributed by atoms with Crippen LogP contribution in [0.2, 0.25) is 0 Å². The molecule has 6 nitrogen and oxygen atoms in total. The van der Waals surface area contributed by atoms with Crippen molar-refractivity contribution in [3.05, 3.63) is 71.4 Å². The summed E-state index contributed by atoms with van der Waals surface area (Å²) in [7, 11) is 1.61. The van der Waals surface area contributed by atoms with Gasteiger partial charge in [0.25, 0.3) is 5.91 Å². The molecule has 0 saturated heterocycles. The summed E-state index contributed by atoms with van der Waals surface area (Å²) in [6.45, 7) is 2.34. The smallest absolute Gasteiger partial charge is 0.269 e. The van der Waals surface area contributed by atoms with Gasteiger partial charge in [-0.15, -0.1) is 0 Å². The summed E-state index contributed by atoms with van der Waals surface area (Å²) in [6.07, 6.45) is 1.78. The zero-order valence-corrected chi connectivity index (χ0v) is 14.8. The Hall–Kier alpha value is -3.28. The minimum Gasteiger partial charge on any atom is -0.497 e. The molecule has 0 atom stereocenters. The molecule has 2 amide bonds. The normalized spacial score (nSPS) is 13.7. The van der Waals surface area contributed by atoms with E-state index in [1.807, 2.05) is 55.5 Å². The molecule has 0 spiro atoms. The van der Waals surface area contributed by atoms with Crippen LogP contribution < -0.4 is 20.5 Å². The van der Waals surface area contributed by atoms with E-state index in [-0.39, 0.29) is 18.2 Å². The third-order valence-electron chi connectivity index (χ3n) is 4.08. The molecule has 1 aliphatic heterocycles. The van der Waals surface area contributed by atoms with E-state index in [2.05, 4.69) is 10.7 Å². The molecule has 26 heavy (non-hydrogen) atoms. The van der Waals surface area contributed by atoms with Crippen LogP contribution >= 0.6 is 0 Å². The Labute approximate surface area is 152 Å². The van der Waals surface area contributed by atoms with Gasteiger partial charge < -0.3 is 10.1 Å². The third kappa shape index (κ3) is 4.03. The topological polar surface area (TPSA) is 70.7 Å². The molecule has 0 saturated carbocycles. The average Bonchev–Trinajstić information content (AvgIpc) is 2.67. The minimum absolute atomic E-state index is 0.109. The number of aryl methyl sites for hydroxylation is 1. The number of rotatable bonds is 5. The summed E-state index contributed by atoms with van der Waals surface area (Å²) in [6, 6.07) is 15.0. The molecule has 2 aromatic rings. The van der Waals surface area contributed by atoms with Gasteiger partial charge in [0.15, 0.2) is 0 Å². The van der Waals surface area contributed by atoms with Crippen LogP contribution in [0.5, 0.6) is 5.75 Å². The fourth-order valence-electron chi connectivity index (χ4n) is 2.65. The van der Waals surface area contributed by atoms with Gasteiger partial charge in [0.2, 0.25) is 5.91 Å². The number of hydrogen-bond acceptors (Lipinski definition) is 4. The lowest BCUT2D eigenvalue weighted by Crippen LogP contribution is -2.48. The fourth-order valence-corrected chi connectivity index (χ4v) is 2.65. The third-order valence-corrected chi connectivity index (χ3v) is 4.08. The monoisotopic (exact) mass is 351 g/mol. The van der Waals surface area contributed by atoms with Crippen molar-refractivity contribution in [2.45, 2.75) is 19.9 Å². The van der Waals surface area contributed by atoms with Crippen molar-refractivity contribution in [2.75, 3.05) is 12.1 Å². The summed E-state index contributed by atoms with van der Waals surface area (Å²) in [4.78, 5) is 24.6. The highest BCUT2D eigenvalue weighted by atomic mass is 16.5. The number of carbonyl (C=O) groups excluding carboxylic acids is 2. The second-order valence-corrected chi connectivity index (χ2v) is 6.03. The number of nitrogens with one attached hydrogen (secondary N) is 2. The summed E-state index contributed by atoms with van der Waals surface area (Å²) >= 11 is 0. The number of anilines is 1. The first-order chi connectivity index (χ1) is 12.6. The van der Waals surface area contributed by atoms with Crippen LogP contribution in [-0.4, -0.2) is 18.9 Å². The van der Waals surface area contributed by atoms with E-state index in [0.717, 1.165) is 16.9 Å². The maximum Gasteiger partial charge on any atom is 0.269 e. The first-order valence-electron chi connectivity index (χ1n) is 8.34. The highest BCUT2D eigenvalue weighted by molar-refractivity contribution is 6.01. The quantitative estimate of drug-likeness (QED) is 0.868. The van der Waals surface area contributed by atoms with Gasteiger partial charge in [-0.25, -0.2) is 5.01 Å². The van der Waals surface area contributed by atoms with Crippen molar-refractivity contribution in [3.8, 4) is 5.75 Å². The van der Waals surface area contributed by atoms with Crippen LogP contribution in [-0.2, 0) is 16.1 Å². The predicted octanol–water partition coefficient (Wildman–Crippen LogP) is 2.45. The zero-order valence-electron chi connectivity index (χ0n) is 14.8. The number of ether oxygens (including phenoxy) is 1. The maximum atomic E-state index is 12.4. The van der Waals surface area contributed by atoms with E-state index < -0.39 is 0 Å². The van der Waals surface area contributed by atoms with Crippen molar-refractivity contribution in [1.82, 2.24) is 10.7 Å². The van der Waals surface area contributed by atoms with E-state index >= 15 is 0 Å².